The van der Waals surface area contributed by atoms with Crippen molar-refractivity contribution in [3.63, 3.8) is 0 Å². The van der Waals surface area contributed by atoms with E-state index >= 15 is 8.78 Å². The van der Waals surface area contributed by atoms with Gasteiger partial charge in [0.05, 0.1) is 12.4 Å². The molecule has 206 valence electrons. The number of esters is 2. The number of ketones is 1. The van der Waals surface area contributed by atoms with Crippen LogP contribution in [0.4, 0.5) is 13.2 Å². The molecule has 0 radical (unpaired) electrons. The van der Waals surface area contributed by atoms with Gasteiger partial charge < -0.3 is 19.0 Å². The first-order valence-corrected chi connectivity index (χ1v) is 12.7. The number of fused-ring (bicyclic) bond motifs is 5. The van der Waals surface area contributed by atoms with Crippen molar-refractivity contribution in [1.82, 2.24) is 0 Å². The number of hydrogen-bond donors (Lipinski definition) is 1. The average Bonchev–Trinajstić information content (AvgIpc) is 3.37. The minimum Gasteiger partial charge on any atom is -0.457 e. The number of rotatable bonds is 4. The normalized spacial score (nSPS) is 43.5. The van der Waals surface area contributed by atoms with E-state index in [1.807, 2.05) is 0 Å². The Hall–Kier alpha value is -2.88. The number of aliphatic hydroxyl groups excluding tert-OH is 1. The highest BCUT2D eigenvalue weighted by Gasteiger charge is 2.79. The largest absolute Gasteiger partial charge is 0.457 e. The number of aryl methyl sites for hydroxylation is 1. The van der Waals surface area contributed by atoms with E-state index in [2.05, 4.69) is 0 Å². The Morgan fingerprint density at radius 2 is 1.95 bits per heavy atom. The maximum absolute atomic E-state index is 17.4. The number of ether oxygens (including phenoxy) is 2. The zero-order valence-corrected chi connectivity index (χ0v) is 21.6. The van der Waals surface area contributed by atoms with E-state index in [9.17, 15) is 23.9 Å². The summed E-state index contributed by atoms with van der Waals surface area (Å²) in [6.45, 7) is 4.78. The van der Waals surface area contributed by atoms with E-state index < -0.39 is 76.7 Å². The molecule has 0 bridgehead atoms. The topological polar surface area (TPSA) is 103 Å². The lowest BCUT2D eigenvalue weighted by atomic mass is 9.44. The molecule has 0 amide bonds. The van der Waals surface area contributed by atoms with Crippen molar-refractivity contribution in [3.05, 3.63) is 47.5 Å². The predicted molar refractivity (Wildman–Crippen MR) is 127 cm³/mol. The van der Waals surface area contributed by atoms with E-state index in [-0.39, 0.29) is 30.6 Å². The lowest BCUT2D eigenvalue weighted by molar-refractivity contribution is -0.232. The zero-order chi connectivity index (χ0) is 27.8. The summed E-state index contributed by atoms with van der Waals surface area (Å²) in [6.07, 6.45) is 0.872. The molecule has 4 aliphatic rings. The Labute approximate surface area is 218 Å². The second kappa shape index (κ2) is 8.56. The van der Waals surface area contributed by atoms with Crippen LogP contribution in [0.3, 0.4) is 0 Å². The van der Waals surface area contributed by atoms with Crippen LogP contribution in [0.5, 0.6) is 0 Å². The first-order valence-electron chi connectivity index (χ1n) is 12.7. The molecule has 10 heteroatoms. The van der Waals surface area contributed by atoms with E-state index in [1.165, 1.54) is 31.4 Å². The van der Waals surface area contributed by atoms with Gasteiger partial charge in [-0.2, -0.15) is 0 Å². The third-order valence-electron chi connectivity index (χ3n) is 9.96. The molecule has 1 aromatic heterocycles. The molecule has 4 aliphatic carbocycles. The van der Waals surface area contributed by atoms with Gasteiger partial charge in [0, 0.05) is 28.2 Å². The fraction of sp³-hybridized carbons (Fsp3) is 0.607. The van der Waals surface area contributed by atoms with Crippen molar-refractivity contribution in [1.29, 1.82) is 0 Å². The quantitative estimate of drug-likeness (QED) is 0.565. The fourth-order valence-corrected chi connectivity index (χ4v) is 8.15. The number of hydrogen-bond acceptors (Lipinski definition) is 7. The number of allylic oxidation sites excluding steroid dienone is 4. The zero-order valence-electron chi connectivity index (χ0n) is 21.6. The van der Waals surface area contributed by atoms with Crippen molar-refractivity contribution in [2.45, 2.75) is 70.5 Å². The number of carbonyl (C=O) groups is 3. The Bertz CT molecular complexity index is 1250. The number of halogens is 3. The second-order valence-corrected chi connectivity index (χ2v) is 11.6. The minimum atomic E-state index is -2.38. The molecule has 1 N–H and O–H groups in total. The van der Waals surface area contributed by atoms with E-state index in [1.54, 1.807) is 20.8 Å². The van der Waals surface area contributed by atoms with Gasteiger partial charge >= 0.3 is 11.9 Å². The lowest BCUT2D eigenvalue weighted by Crippen LogP contribution is -2.71. The molecule has 38 heavy (non-hydrogen) atoms. The number of alkyl halides is 3. The predicted octanol–water partition coefficient (Wildman–Crippen LogP) is 4.52. The van der Waals surface area contributed by atoms with Gasteiger partial charge in [-0.1, -0.05) is 19.9 Å². The van der Waals surface area contributed by atoms with Crippen LogP contribution in [-0.2, 0) is 19.1 Å². The highest BCUT2D eigenvalue weighted by molar-refractivity contribution is 6.01. The van der Waals surface area contributed by atoms with E-state index in [0.29, 0.717) is 5.56 Å². The van der Waals surface area contributed by atoms with Crippen LogP contribution in [0.25, 0.3) is 0 Å². The Balaban J connectivity index is 1.64. The van der Waals surface area contributed by atoms with Gasteiger partial charge in [0.15, 0.2) is 11.5 Å². The van der Waals surface area contributed by atoms with Crippen molar-refractivity contribution in [2.75, 3.05) is 6.86 Å². The smallest absolute Gasteiger partial charge is 0.375 e. The van der Waals surface area contributed by atoms with Gasteiger partial charge in [0.2, 0.25) is 18.2 Å². The molecular weight excluding hydrogens is 505 g/mol. The molecule has 5 rings (SSSR count). The van der Waals surface area contributed by atoms with Gasteiger partial charge in [-0.15, -0.1) is 0 Å². The summed E-state index contributed by atoms with van der Waals surface area (Å²) in [5.74, 6) is -5.42. The third kappa shape index (κ3) is 3.15. The summed E-state index contributed by atoms with van der Waals surface area (Å²) in [4.78, 5) is 38.8. The Kier molecular flexibility index (Phi) is 6.02. The molecule has 3 fully saturated rings. The molecule has 7 nitrogen and oxygen atoms in total. The maximum atomic E-state index is 17.4. The van der Waals surface area contributed by atoms with Crippen LogP contribution in [-0.4, -0.2) is 53.2 Å². The van der Waals surface area contributed by atoms with Crippen LogP contribution in [0.15, 0.2) is 40.5 Å². The van der Waals surface area contributed by atoms with Crippen molar-refractivity contribution in [2.24, 2.45) is 28.6 Å². The standard InChI is InChI=1S/C28H31F3O7/c1-14-6-8-36-22(14)23(34)38-28(24(35)37-13-29)15(2)9-17-18-11-20(30)19-10-16(32)5-7-25(19,3)27(18,31)21(33)12-26(17,28)4/h5-8,10,15,17-18,20-21,33H,9,11-13H2,1-4H3/t15-,17?,18?,20+,21+,25+,26+,27+,28+/m1/s1. The maximum Gasteiger partial charge on any atom is 0.375 e. The lowest BCUT2D eigenvalue weighted by Gasteiger charge is -2.63. The molecule has 1 aromatic rings. The van der Waals surface area contributed by atoms with Crippen LogP contribution < -0.4 is 0 Å². The molecule has 0 spiro atoms. The van der Waals surface area contributed by atoms with Crippen LogP contribution >= 0.6 is 0 Å². The summed E-state index contributed by atoms with van der Waals surface area (Å²) in [5.41, 5.74) is -7.13. The van der Waals surface area contributed by atoms with Crippen molar-refractivity contribution < 1.29 is 46.6 Å². The van der Waals surface area contributed by atoms with E-state index in [4.69, 9.17) is 13.9 Å². The highest BCUT2D eigenvalue weighted by atomic mass is 19.1. The fourth-order valence-electron chi connectivity index (χ4n) is 8.15. The SMILES string of the molecule is Cc1ccoc1C(=O)O[C@]1(C(=O)OCF)[C@H](C)CC2C3C[C@H](F)C4=CC(=O)C=C[C@]4(C)[C@@]3(F)[C@@H](O)C[C@@]21C. The molecular formula is C28H31F3O7. The first kappa shape index (κ1) is 26.7. The minimum absolute atomic E-state index is 0.0275. The first-order chi connectivity index (χ1) is 17.8. The molecule has 0 saturated heterocycles. The third-order valence-corrected chi connectivity index (χ3v) is 9.96. The molecule has 0 aliphatic heterocycles. The summed E-state index contributed by atoms with van der Waals surface area (Å²) >= 11 is 0. The summed E-state index contributed by atoms with van der Waals surface area (Å²) in [6, 6.07) is 1.53. The van der Waals surface area contributed by atoms with Gasteiger partial charge in [-0.25, -0.2) is 22.8 Å². The highest BCUT2D eigenvalue weighted by Crippen LogP contribution is 2.71. The molecule has 2 unspecified atom stereocenters. The van der Waals surface area contributed by atoms with Gasteiger partial charge in [-0.05, 0) is 62.8 Å². The summed E-state index contributed by atoms with van der Waals surface area (Å²) < 4.78 is 62.3. The Morgan fingerprint density at radius 1 is 1.24 bits per heavy atom. The Morgan fingerprint density at radius 3 is 2.58 bits per heavy atom. The molecule has 9 atom stereocenters. The van der Waals surface area contributed by atoms with E-state index in [0.717, 1.165) is 6.08 Å². The number of carbonyl (C=O) groups excluding carboxylic acids is 3. The van der Waals surface area contributed by atoms with Crippen molar-refractivity contribution >= 4 is 17.7 Å². The molecule has 3 saturated carbocycles. The van der Waals surface area contributed by atoms with Crippen LogP contribution in [0, 0.1) is 35.5 Å². The second-order valence-electron chi connectivity index (χ2n) is 11.6. The van der Waals surface area contributed by atoms with Gasteiger partial charge in [0.25, 0.3) is 0 Å². The van der Waals surface area contributed by atoms with Crippen LogP contribution in [0.2, 0.25) is 0 Å². The van der Waals surface area contributed by atoms with Gasteiger partial charge in [0.1, 0.15) is 6.17 Å². The molecule has 1 heterocycles. The average molecular weight is 537 g/mol. The van der Waals surface area contributed by atoms with Crippen molar-refractivity contribution in [3.8, 4) is 0 Å². The van der Waals surface area contributed by atoms with Gasteiger partial charge in [-0.3, -0.25) is 4.79 Å². The molecule has 0 aromatic carbocycles. The van der Waals surface area contributed by atoms with Crippen LogP contribution in [0.1, 0.15) is 56.2 Å². The summed E-state index contributed by atoms with van der Waals surface area (Å²) in [7, 11) is 0. The number of furan rings is 1. The number of aliphatic hydroxyl groups is 1. The monoisotopic (exact) mass is 536 g/mol. The summed E-state index contributed by atoms with van der Waals surface area (Å²) in [5, 5.41) is 11.5.